The molecule has 136 valence electrons. The first-order valence-electron chi connectivity index (χ1n) is 9.39. The van der Waals surface area contributed by atoms with Crippen molar-refractivity contribution in [3.05, 3.63) is 108 Å². The van der Waals surface area contributed by atoms with Crippen molar-refractivity contribution in [3.8, 4) is 0 Å². The van der Waals surface area contributed by atoms with Crippen molar-refractivity contribution in [2.45, 2.75) is 31.0 Å². The number of carboxylic acids is 1. The molecule has 0 amide bonds. The van der Waals surface area contributed by atoms with E-state index in [1.807, 2.05) is 54.6 Å². The molecule has 0 radical (unpaired) electrons. The molecular weight excluding hydrogens is 334 g/mol. The van der Waals surface area contributed by atoms with Crippen molar-refractivity contribution in [3.63, 3.8) is 0 Å². The standard InChI is InChI=1S/C24H23NO2/c1-2-21-22(23(26)27)25(21)24(18-12-6-3-7-13-18,19-14-8-4-9-15-19)20-16-10-5-11-17-20/h3-17,21-22H,2H2,1H3,(H,26,27)/t21-,22+,25?/m0/s1. The quantitative estimate of drug-likeness (QED) is 0.521. The van der Waals surface area contributed by atoms with E-state index in [4.69, 9.17) is 0 Å². The molecule has 1 fully saturated rings. The van der Waals surface area contributed by atoms with Crippen LogP contribution in [0.4, 0.5) is 0 Å². The molecule has 0 aromatic heterocycles. The Hall–Kier alpha value is -2.91. The number of hydrogen-bond acceptors (Lipinski definition) is 2. The van der Waals surface area contributed by atoms with Crippen LogP contribution in [-0.2, 0) is 10.3 Å². The zero-order valence-corrected chi connectivity index (χ0v) is 15.3. The second kappa shape index (κ2) is 7.01. The van der Waals surface area contributed by atoms with Crippen LogP contribution in [0.3, 0.4) is 0 Å². The van der Waals surface area contributed by atoms with Crippen molar-refractivity contribution in [2.75, 3.05) is 0 Å². The number of carbonyl (C=O) groups is 1. The van der Waals surface area contributed by atoms with Gasteiger partial charge in [0.25, 0.3) is 0 Å². The van der Waals surface area contributed by atoms with Gasteiger partial charge >= 0.3 is 5.97 Å². The van der Waals surface area contributed by atoms with Gasteiger partial charge in [0, 0.05) is 6.04 Å². The van der Waals surface area contributed by atoms with Gasteiger partial charge in [0.1, 0.15) is 6.04 Å². The summed E-state index contributed by atoms with van der Waals surface area (Å²) < 4.78 is 0. The topological polar surface area (TPSA) is 40.3 Å². The average molecular weight is 357 g/mol. The minimum atomic E-state index is -0.756. The molecule has 3 aromatic rings. The molecule has 3 aromatic carbocycles. The molecule has 0 bridgehead atoms. The smallest absolute Gasteiger partial charge is 0.322 e. The Labute approximate surface area is 159 Å². The Morgan fingerprint density at radius 2 is 1.19 bits per heavy atom. The molecule has 1 heterocycles. The van der Waals surface area contributed by atoms with E-state index in [9.17, 15) is 9.90 Å². The van der Waals surface area contributed by atoms with Gasteiger partial charge in [0.05, 0.1) is 5.54 Å². The van der Waals surface area contributed by atoms with Crippen LogP contribution in [0.2, 0.25) is 0 Å². The number of nitrogens with zero attached hydrogens (tertiary/aromatic N) is 1. The van der Waals surface area contributed by atoms with Crippen LogP contribution >= 0.6 is 0 Å². The molecule has 3 nitrogen and oxygen atoms in total. The summed E-state index contributed by atoms with van der Waals surface area (Å²) in [7, 11) is 0. The summed E-state index contributed by atoms with van der Waals surface area (Å²) in [6, 6.07) is 30.3. The normalized spacial score (nSPS) is 21.6. The lowest BCUT2D eigenvalue weighted by Crippen LogP contribution is -2.40. The molecule has 1 aliphatic rings. The first-order valence-corrected chi connectivity index (χ1v) is 9.39. The maximum absolute atomic E-state index is 12.0. The Bertz CT molecular complexity index is 812. The predicted molar refractivity (Wildman–Crippen MR) is 107 cm³/mol. The molecule has 27 heavy (non-hydrogen) atoms. The minimum Gasteiger partial charge on any atom is -0.480 e. The molecule has 0 saturated carbocycles. The van der Waals surface area contributed by atoms with Crippen LogP contribution in [0.25, 0.3) is 0 Å². The highest BCUT2D eigenvalue weighted by molar-refractivity contribution is 5.79. The summed E-state index contributed by atoms with van der Waals surface area (Å²) >= 11 is 0. The van der Waals surface area contributed by atoms with E-state index >= 15 is 0 Å². The van der Waals surface area contributed by atoms with Crippen LogP contribution in [-0.4, -0.2) is 28.1 Å². The summed E-state index contributed by atoms with van der Waals surface area (Å²) in [5.74, 6) is -0.756. The van der Waals surface area contributed by atoms with Crippen molar-refractivity contribution in [1.82, 2.24) is 4.90 Å². The molecule has 0 spiro atoms. The highest BCUT2D eigenvalue weighted by Gasteiger charge is 2.62. The van der Waals surface area contributed by atoms with Gasteiger partial charge in [-0.05, 0) is 23.1 Å². The zero-order valence-electron chi connectivity index (χ0n) is 15.3. The number of rotatable bonds is 6. The molecule has 1 N–H and O–H groups in total. The molecule has 3 heteroatoms. The number of hydrogen-bond donors (Lipinski definition) is 1. The summed E-state index contributed by atoms with van der Waals surface area (Å²) in [5.41, 5.74) is 2.63. The van der Waals surface area contributed by atoms with E-state index < -0.39 is 17.6 Å². The number of aliphatic carboxylic acids is 1. The summed E-state index contributed by atoms with van der Waals surface area (Å²) in [6.45, 7) is 2.06. The van der Waals surface area contributed by atoms with Gasteiger partial charge in [0.15, 0.2) is 0 Å². The van der Waals surface area contributed by atoms with Gasteiger partial charge in [0.2, 0.25) is 0 Å². The molecule has 1 saturated heterocycles. The van der Waals surface area contributed by atoms with Crippen molar-refractivity contribution in [2.24, 2.45) is 0 Å². The van der Waals surface area contributed by atoms with Crippen molar-refractivity contribution in [1.29, 1.82) is 0 Å². The Morgan fingerprint density at radius 1 is 0.815 bits per heavy atom. The van der Waals surface area contributed by atoms with Crippen LogP contribution < -0.4 is 0 Å². The maximum atomic E-state index is 12.0. The average Bonchev–Trinajstić information content (AvgIpc) is 3.46. The molecule has 3 atom stereocenters. The third-order valence-corrected chi connectivity index (χ3v) is 5.57. The Kier molecular flexibility index (Phi) is 4.54. The van der Waals surface area contributed by atoms with Crippen LogP contribution in [0.1, 0.15) is 30.0 Å². The van der Waals surface area contributed by atoms with E-state index in [1.54, 1.807) is 0 Å². The highest BCUT2D eigenvalue weighted by Crippen LogP contribution is 2.52. The van der Waals surface area contributed by atoms with Gasteiger partial charge in [-0.15, -0.1) is 0 Å². The first-order chi connectivity index (χ1) is 13.2. The second-order valence-electron chi connectivity index (χ2n) is 6.97. The zero-order chi connectivity index (χ0) is 18.9. The van der Waals surface area contributed by atoms with E-state index in [1.165, 1.54) is 0 Å². The lowest BCUT2D eigenvalue weighted by atomic mass is 9.76. The molecular formula is C24H23NO2. The van der Waals surface area contributed by atoms with E-state index in [2.05, 4.69) is 48.2 Å². The molecule has 1 aliphatic heterocycles. The first kappa shape index (κ1) is 17.5. The van der Waals surface area contributed by atoms with Gasteiger partial charge in [-0.3, -0.25) is 9.69 Å². The lowest BCUT2D eigenvalue weighted by molar-refractivity contribution is -0.137. The van der Waals surface area contributed by atoms with E-state index in [0.717, 1.165) is 23.1 Å². The van der Waals surface area contributed by atoms with Crippen molar-refractivity contribution < 1.29 is 9.90 Å². The Balaban J connectivity index is 2.03. The third-order valence-electron chi connectivity index (χ3n) is 5.57. The molecule has 4 rings (SSSR count). The minimum absolute atomic E-state index is 0.00289. The fraction of sp³-hybridized carbons (Fsp3) is 0.208. The maximum Gasteiger partial charge on any atom is 0.322 e. The van der Waals surface area contributed by atoms with Gasteiger partial charge in [-0.2, -0.15) is 0 Å². The van der Waals surface area contributed by atoms with E-state index in [0.29, 0.717) is 0 Å². The summed E-state index contributed by atoms with van der Waals surface area (Å²) in [6.07, 6.45) is 0.797. The third kappa shape index (κ3) is 2.75. The Morgan fingerprint density at radius 3 is 1.44 bits per heavy atom. The molecule has 0 aliphatic carbocycles. The highest BCUT2D eigenvalue weighted by atomic mass is 16.4. The van der Waals surface area contributed by atoms with Crippen LogP contribution in [0.5, 0.6) is 0 Å². The lowest BCUT2D eigenvalue weighted by Gasteiger charge is -2.38. The van der Waals surface area contributed by atoms with Crippen LogP contribution in [0, 0.1) is 0 Å². The molecule has 1 unspecified atom stereocenters. The van der Waals surface area contributed by atoms with Gasteiger partial charge < -0.3 is 5.11 Å². The number of carboxylic acid groups (broad SMARTS) is 1. The summed E-state index contributed by atoms with van der Waals surface area (Å²) in [4.78, 5) is 14.2. The second-order valence-corrected chi connectivity index (χ2v) is 6.97. The number of benzene rings is 3. The van der Waals surface area contributed by atoms with Gasteiger partial charge in [-0.1, -0.05) is 97.9 Å². The SMILES string of the molecule is CC[C@H]1[C@H](C(=O)O)N1C(c1ccccc1)(c1ccccc1)c1ccccc1. The fourth-order valence-corrected chi connectivity index (χ4v) is 4.43. The monoisotopic (exact) mass is 357 g/mol. The largest absolute Gasteiger partial charge is 0.480 e. The fourth-order valence-electron chi connectivity index (χ4n) is 4.43. The van der Waals surface area contributed by atoms with E-state index in [-0.39, 0.29) is 6.04 Å². The van der Waals surface area contributed by atoms with Gasteiger partial charge in [-0.25, -0.2) is 0 Å². The predicted octanol–water partition coefficient (Wildman–Crippen LogP) is 4.53. The van der Waals surface area contributed by atoms with Crippen molar-refractivity contribution >= 4 is 5.97 Å². The van der Waals surface area contributed by atoms with Crippen LogP contribution in [0.15, 0.2) is 91.0 Å². The summed E-state index contributed by atoms with van der Waals surface area (Å²) in [5, 5.41) is 9.89.